The maximum absolute atomic E-state index is 6.18. The number of nitrogens with zero attached hydrogens (tertiary/aromatic N) is 1. The van der Waals surface area contributed by atoms with Gasteiger partial charge in [-0.05, 0) is 18.6 Å². The molecule has 2 rings (SSSR count). The van der Waals surface area contributed by atoms with Gasteiger partial charge in [-0.25, -0.2) is 4.98 Å². The molecule has 0 fully saturated rings. The Morgan fingerprint density at radius 2 is 2.06 bits per heavy atom. The second kappa shape index (κ2) is 6.22. The molecule has 0 amide bonds. The monoisotopic (exact) mass is 320 g/mol. The van der Waals surface area contributed by atoms with Gasteiger partial charge in [-0.2, -0.15) is 0 Å². The van der Waals surface area contributed by atoms with Crippen LogP contribution in [-0.2, 0) is 6.54 Å². The zero-order valence-corrected chi connectivity index (χ0v) is 12.7. The molecule has 2 nitrogen and oxygen atoms in total. The fourth-order valence-corrected chi connectivity index (χ4v) is 2.84. The first-order chi connectivity index (χ1) is 8.59. The van der Waals surface area contributed by atoms with Crippen LogP contribution < -0.4 is 5.32 Å². The predicted octanol–water partition coefficient (Wildman–Crippen LogP) is 4.95. The van der Waals surface area contributed by atoms with E-state index in [2.05, 4.69) is 10.3 Å². The van der Waals surface area contributed by atoms with Gasteiger partial charge >= 0.3 is 0 Å². The zero-order valence-electron chi connectivity index (χ0n) is 9.58. The minimum Gasteiger partial charge on any atom is -0.304 e. The van der Waals surface area contributed by atoms with Crippen molar-refractivity contribution in [3.8, 4) is 0 Å². The van der Waals surface area contributed by atoms with Gasteiger partial charge < -0.3 is 5.32 Å². The average Bonchev–Trinajstić information content (AvgIpc) is 2.86. The van der Waals surface area contributed by atoms with E-state index in [0.717, 1.165) is 10.6 Å². The highest BCUT2D eigenvalue weighted by Crippen LogP contribution is 2.35. The number of thiazole rings is 1. The first-order valence-corrected chi connectivity index (χ1v) is 7.36. The predicted molar refractivity (Wildman–Crippen MR) is 78.8 cm³/mol. The molecule has 0 radical (unpaired) electrons. The van der Waals surface area contributed by atoms with E-state index in [1.165, 1.54) is 0 Å². The minimum absolute atomic E-state index is 0.0798. The summed E-state index contributed by atoms with van der Waals surface area (Å²) in [6, 6.07) is 3.72. The number of nitrogens with one attached hydrogen (secondary N) is 1. The number of hydrogen-bond acceptors (Lipinski definition) is 3. The Labute approximate surface area is 125 Å². The third-order valence-electron chi connectivity index (χ3n) is 2.57. The molecule has 1 unspecified atom stereocenters. The molecule has 0 spiro atoms. The maximum atomic E-state index is 6.18. The van der Waals surface area contributed by atoms with Gasteiger partial charge in [0.15, 0.2) is 0 Å². The summed E-state index contributed by atoms with van der Waals surface area (Å²) >= 11 is 19.7. The van der Waals surface area contributed by atoms with Crippen molar-refractivity contribution >= 4 is 46.1 Å². The van der Waals surface area contributed by atoms with Crippen LogP contribution in [0.25, 0.3) is 0 Å². The lowest BCUT2D eigenvalue weighted by Gasteiger charge is -2.16. The van der Waals surface area contributed by atoms with Gasteiger partial charge in [0, 0.05) is 24.2 Å². The van der Waals surface area contributed by atoms with Crippen LogP contribution in [0.1, 0.15) is 23.5 Å². The van der Waals surface area contributed by atoms with Crippen molar-refractivity contribution in [2.24, 2.45) is 0 Å². The van der Waals surface area contributed by atoms with E-state index >= 15 is 0 Å². The Morgan fingerprint density at radius 3 is 2.72 bits per heavy atom. The van der Waals surface area contributed by atoms with Gasteiger partial charge in [-0.15, -0.1) is 11.3 Å². The van der Waals surface area contributed by atoms with Crippen molar-refractivity contribution in [3.05, 3.63) is 49.3 Å². The Bertz CT molecular complexity index is 528. The lowest BCUT2D eigenvalue weighted by atomic mass is 10.1. The second-order valence-electron chi connectivity index (χ2n) is 3.79. The van der Waals surface area contributed by atoms with Gasteiger partial charge in [-0.1, -0.05) is 40.9 Å². The van der Waals surface area contributed by atoms with Crippen molar-refractivity contribution < 1.29 is 0 Å². The molecule has 0 saturated carbocycles. The maximum Gasteiger partial charge on any atom is 0.106 e. The van der Waals surface area contributed by atoms with Crippen LogP contribution in [0.5, 0.6) is 0 Å². The van der Waals surface area contributed by atoms with E-state index in [-0.39, 0.29) is 6.04 Å². The molecule has 18 heavy (non-hydrogen) atoms. The minimum atomic E-state index is 0.0798. The van der Waals surface area contributed by atoms with Gasteiger partial charge in [0.1, 0.15) is 5.01 Å². The van der Waals surface area contributed by atoms with Crippen molar-refractivity contribution in [2.45, 2.75) is 19.5 Å². The Hall–Kier alpha value is -0.320. The molecule has 6 heteroatoms. The molecule has 0 saturated heterocycles. The molecule has 1 atom stereocenters. The van der Waals surface area contributed by atoms with Crippen LogP contribution in [-0.4, -0.2) is 4.98 Å². The molecule has 0 aliphatic carbocycles. The van der Waals surface area contributed by atoms with Crippen LogP contribution >= 0.6 is 46.1 Å². The zero-order chi connectivity index (χ0) is 13.1. The molecule has 1 heterocycles. The summed E-state index contributed by atoms with van der Waals surface area (Å²) in [4.78, 5) is 4.21. The van der Waals surface area contributed by atoms with Gasteiger partial charge in [0.05, 0.1) is 15.1 Å². The molecule has 1 aromatic carbocycles. The van der Waals surface area contributed by atoms with E-state index in [4.69, 9.17) is 34.8 Å². The molecule has 2 aromatic rings. The van der Waals surface area contributed by atoms with E-state index in [0.29, 0.717) is 21.6 Å². The molecule has 0 bridgehead atoms. The second-order valence-corrected chi connectivity index (χ2v) is 5.94. The Kier molecular flexibility index (Phi) is 4.87. The van der Waals surface area contributed by atoms with Crippen molar-refractivity contribution in [1.29, 1.82) is 0 Å². The fraction of sp³-hybridized carbons (Fsp3) is 0.250. The highest BCUT2D eigenvalue weighted by molar-refractivity contribution is 7.09. The summed E-state index contributed by atoms with van der Waals surface area (Å²) < 4.78 is 0. The summed E-state index contributed by atoms with van der Waals surface area (Å²) in [6.45, 7) is 2.73. The molecule has 1 N–H and O–H groups in total. The largest absolute Gasteiger partial charge is 0.304 e. The van der Waals surface area contributed by atoms with Crippen molar-refractivity contribution in [1.82, 2.24) is 10.3 Å². The average molecular weight is 322 g/mol. The highest BCUT2D eigenvalue weighted by Gasteiger charge is 2.14. The number of aromatic nitrogens is 1. The van der Waals surface area contributed by atoms with Crippen LogP contribution in [0.3, 0.4) is 0 Å². The Balaban J connectivity index is 2.09. The van der Waals surface area contributed by atoms with Crippen LogP contribution in [0.4, 0.5) is 0 Å². The molecular weight excluding hydrogens is 311 g/mol. The van der Waals surface area contributed by atoms with Crippen LogP contribution in [0.15, 0.2) is 23.7 Å². The number of benzene rings is 1. The van der Waals surface area contributed by atoms with Gasteiger partial charge in [0.2, 0.25) is 0 Å². The molecule has 1 aromatic heterocycles. The van der Waals surface area contributed by atoms with Crippen molar-refractivity contribution in [2.75, 3.05) is 0 Å². The third-order valence-corrected chi connectivity index (χ3v) is 4.66. The van der Waals surface area contributed by atoms with Gasteiger partial charge in [0.25, 0.3) is 0 Å². The number of hydrogen-bond donors (Lipinski definition) is 1. The van der Waals surface area contributed by atoms with E-state index in [1.54, 1.807) is 23.6 Å². The fourth-order valence-electron chi connectivity index (χ4n) is 1.57. The first kappa shape index (κ1) is 14.1. The normalized spacial score (nSPS) is 12.7. The lowest BCUT2D eigenvalue weighted by molar-refractivity contribution is 0.573. The van der Waals surface area contributed by atoms with Crippen LogP contribution in [0.2, 0.25) is 15.1 Å². The molecule has 96 valence electrons. The molecule has 0 aliphatic rings. The highest BCUT2D eigenvalue weighted by atomic mass is 35.5. The van der Waals surface area contributed by atoms with E-state index in [1.807, 2.05) is 18.4 Å². The summed E-state index contributed by atoms with van der Waals surface area (Å²) in [5.74, 6) is 0. The standard InChI is InChI=1S/C12H11Cl3N2S/c1-7(17-6-10-16-4-5-18-10)8-2-3-9(13)12(15)11(8)14/h2-5,7,17H,6H2,1H3. The quantitative estimate of drug-likeness (QED) is 0.806. The summed E-state index contributed by atoms with van der Waals surface area (Å²) in [5.41, 5.74) is 0.933. The molecular formula is C12H11Cl3N2S. The topological polar surface area (TPSA) is 24.9 Å². The van der Waals surface area contributed by atoms with E-state index < -0.39 is 0 Å². The first-order valence-electron chi connectivity index (χ1n) is 5.34. The summed E-state index contributed by atoms with van der Waals surface area (Å²) in [7, 11) is 0. The van der Waals surface area contributed by atoms with E-state index in [9.17, 15) is 0 Å². The Morgan fingerprint density at radius 1 is 1.28 bits per heavy atom. The lowest BCUT2D eigenvalue weighted by Crippen LogP contribution is -2.18. The van der Waals surface area contributed by atoms with Gasteiger partial charge in [-0.3, -0.25) is 0 Å². The van der Waals surface area contributed by atoms with Crippen LogP contribution in [0, 0.1) is 0 Å². The summed E-state index contributed by atoms with van der Waals surface area (Å²) in [6.07, 6.45) is 1.79. The SMILES string of the molecule is CC(NCc1nccs1)c1ccc(Cl)c(Cl)c1Cl. The summed E-state index contributed by atoms with van der Waals surface area (Å²) in [5, 5.41) is 7.72. The number of halogens is 3. The molecule has 0 aliphatic heterocycles. The smallest absolute Gasteiger partial charge is 0.106 e. The third kappa shape index (κ3) is 3.16. The number of rotatable bonds is 4. The van der Waals surface area contributed by atoms with Crippen molar-refractivity contribution in [3.63, 3.8) is 0 Å².